The number of benzene rings is 1. The third kappa shape index (κ3) is 2.40. The van der Waals surface area contributed by atoms with E-state index in [1.165, 1.54) is 16.8 Å². The van der Waals surface area contributed by atoms with Crippen molar-refractivity contribution < 1.29 is 19.1 Å². The Morgan fingerprint density at radius 2 is 2.00 bits per heavy atom. The van der Waals surface area contributed by atoms with Crippen molar-refractivity contribution in [2.75, 3.05) is 0 Å². The number of hydrogen-bond acceptors (Lipinski definition) is 2. The summed E-state index contributed by atoms with van der Waals surface area (Å²) >= 11 is 0. The molecule has 1 aromatic heterocycles. The Morgan fingerprint density at radius 3 is 2.72 bits per heavy atom. The fourth-order valence-corrected chi connectivity index (χ4v) is 1.87. The highest BCUT2D eigenvalue weighted by atomic mass is 19.1. The van der Waals surface area contributed by atoms with Crippen molar-refractivity contribution in [3.63, 3.8) is 0 Å². The van der Waals surface area contributed by atoms with E-state index in [0.29, 0.717) is 5.39 Å². The minimum Gasteiger partial charge on any atom is -0.481 e. The molecule has 0 unspecified atom stereocenters. The molecule has 0 fully saturated rings. The van der Waals surface area contributed by atoms with Gasteiger partial charge in [-0.1, -0.05) is 12.1 Å². The van der Waals surface area contributed by atoms with Crippen molar-refractivity contribution in [2.45, 2.75) is 19.3 Å². The van der Waals surface area contributed by atoms with E-state index < -0.39 is 11.8 Å². The number of carbonyl (C=O) groups excluding carboxylic acids is 1. The Labute approximate surface area is 103 Å². The van der Waals surface area contributed by atoms with Crippen molar-refractivity contribution >= 4 is 22.8 Å². The fourth-order valence-electron chi connectivity index (χ4n) is 1.87. The van der Waals surface area contributed by atoms with Crippen LogP contribution >= 0.6 is 0 Å². The number of carbonyl (C=O) groups is 2. The van der Waals surface area contributed by atoms with Crippen LogP contribution in [-0.2, 0) is 4.79 Å². The van der Waals surface area contributed by atoms with E-state index in [1.54, 1.807) is 18.2 Å². The Kier molecular flexibility index (Phi) is 3.41. The molecule has 94 valence electrons. The number of para-hydroxylation sites is 1. The molecule has 18 heavy (non-hydrogen) atoms. The van der Waals surface area contributed by atoms with E-state index in [0.717, 1.165) is 0 Å². The van der Waals surface area contributed by atoms with Crippen LogP contribution in [0.4, 0.5) is 4.39 Å². The molecule has 0 aliphatic carbocycles. The Hall–Kier alpha value is -2.17. The maximum atomic E-state index is 13.6. The highest BCUT2D eigenvalue weighted by molar-refractivity contribution is 5.92. The summed E-state index contributed by atoms with van der Waals surface area (Å²) in [6, 6.07) is 6.26. The van der Waals surface area contributed by atoms with Gasteiger partial charge in [0.15, 0.2) is 0 Å². The molecular weight excluding hydrogens is 237 g/mol. The Morgan fingerprint density at radius 1 is 1.22 bits per heavy atom. The molecule has 0 spiro atoms. The van der Waals surface area contributed by atoms with Crippen molar-refractivity contribution in [3.05, 3.63) is 36.3 Å². The van der Waals surface area contributed by atoms with Gasteiger partial charge in [0.05, 0.1) is 5.52 Å². The lowest BCUT2D eigenvalue weighted by atomic mass is 10.2. The summed E-state index contributed by atoms with van der Waals surface area (Å²) in [4.78, 5) is 22.2. The maximum Gasteiger partial charge on any atom is 0.303 e. The van der Waals surface area contributed by atoms with Crippen LogP contribution in [0.2, 0.25) is 0 Å². The van der Waals surface area contributed by atoms with Gasteiger partial charge in [-0.15, -0.1) is 0 Å². The minimum atomic E-state index is -0.939. The second-order valence-electron chi connectivity index (χ2n) is 4.00. The van der Waals surface area contributed by atoms with Crippen LogP contribution < -0.4 is 0 Å². The van der Waals surface area contributed by atoms with Crippen LogP contribution in [0.3, 0.4) is 0 Å². The van der Waals surface area contributed by atoms with Crippen molar-refractivity contribution in [1.82, 2.24) is 4.57 Å². The SMILES string of the molecule is O=C(O)CCCC(=O)n1ccc2cccc(F)c21. The molecule has 2 aromatic rings. The molecule has 1 heterocycles. The molecule has 0 radical (unpaired) electrons. The number of aliphatic carboxylic acids is 1. The first-order valence-corrected chi connectivity index (χ1v) is 5.60. The van der Waals surface area contributed by atoms with Crippen LogP contribution in [-0.4, -0.2) is 21.6 Å². The summed E-state index contributed by atoms with van der Waals surface area (Å²) in [5, 5.41) is 9.15. The number of aromatic nitrogens is 1. The molecule has 0 aliphatic heterocycles. The van der Waals surface area contributed by atoms with E-state index in [-0.39, 0.29) is 30.7 Å². The number of carboxylic acid groups (broad SMARTS) is 1. The third-order valence-corrected chi connectivity index (χ3v) is 2.71. The summed E-state index contributed by atoms with van der Waals surface area (Å²) < 4.78 is 14.9. The average Bonchev–Trinajstić information content (AvgIpc) is 2.73. The normalized spacial score (nSPS) is 10.7. The molecule has 0 amide bonds. The van der Waals surface area contributed by atoms with Gasteiger partial charge in [-0.05, 0) is 18.6 Å². The number of hydrogen-bond donors (Lipinski definition) is 1. The Bertz CT molecular complexity index is 603. The first-order valence-electron chi connectivity index (χ1n) is 5.60. The van der Waals surface area contributed by atoms with Crippen LogP contribution in [0.15, 0.2) is 30.5 Å². The molecular formula is C13H12FNO3. The van der Waals surface area contributed by atoms with Gasteiger partial charge in [0.2, 0.25) is 5.91 Å². The maximum absolute atomic E-state index is 13.6. The zero-order valence-corrected chi connectivity index (χ0v) is 9.60. The first-order chi connectivity index (χ1) is 8.59. The van der Waals surface area contributed by atoms with Gasteiger partial charge in [-0.3, -0.25) is 14.2 Å². The van der Waals surface area contributed by atoms with E-state index >= 15 is 0 Å². The molecule has 5 heteroatoms. The number of carboxylic acids is 1. The van der Waals surface area contributed by atoms with Gasteiger partial charge in [0, 0.05) is 24.4 Å². The molecule has 0 atom stereocenters. The molecule has 2 rings (SSSR count). The lowest BCUT2D eigenvalue weighted by molar-refractivity contribution is -0.137. The molecule has 0 saturated heterocycles. The summed E-state index contributed by atoms with van der Waals surface area (Å²) in [7, 11) is 0. The van der Waals surface area contributed by atoms with Gasteiger partial charge in [-0.2, -0.15) is 0 Å². The van der Waals surface area contributed by atoms with Crippen LogP contribution in [0.5, 0.6) is 0 Å². The van der Waals surface area contributed by atoms with Crippen molar-refractivity contribution in [3.8, 4) is 0 Å². The van der Waals surface area contributed by atoms with Gasteiger partial charge in [0.25, 0.3) is 0 Å². The van der Waals surface area contributed by atoms with Crippen LogP contribution in [0, 0.1) is 5.82 Å². The van der Waals surface area contributed by atoms with Gasteiger partial charge in [0.1, 0.15) is 5.82 Å². The van der Waals surface area contributed by atoms with E-state index in [1.807, 2.05) is 0 Å². The number of halogens is 1. The highest BCUT2D eigenvalue weighted by Crippen LogP contribution is 2.19. The zero-order valence-electron chi connectivity index (χ0n) is 9.60. The average molecular weight is 249 g/mol. The second kappa shape index (κ2) is 5.00. The number of nitrogens with zero attached hydrogens (tertiary/aromatic N) is 1. The molecule has 1 N–H and O–H groups in total. The minimum absolute atomic E-state index is 0.0621. The highest BCUT2D eigenvalue weighted by Gasteiger charge is 2.12. The fraction of sp³-hybridized carbons (Fsp3) is 0.231. The topological polar surface area (TPSA) is 59.3 Å². The summed E-state index contributed by atoms with van der Waals surface area (Å²) in [6.07, 6.45) is 1.79. The summed E-state index contributed by atoms with van der Waals surface area (Å²) in [5.74, 6) is -1.69. The monoisotopic (exact) mass is 249 g/mol. The largest absolute Gasteiger partial charge is 0.481 e. The van der Waals surface area contributed by atoms with Gasteiger partial charge < -0.3 is 5.11 Å². The third-order valence-electron chi connectivity index (χ3n) is 2.71. The summed E-state index contributed by atoms with van der Waals surface area (Å²) in [6.45, 7) is 0. The second-order valence-corrected chi connectivity index (χ2v) is 4.00. The standard InChI is InChI=1S/C13H12FNO3/c14-10-4-1-3-9-7-8-15(13(9)10)11(16)5-2-6-12(17)18/h1,3-4,7-8H,2,5-6H2,(H,17,18). The molecule has 0 aliphatic rings. The Balaban J connectivity index is 2.20. The molecule has 0 bridgehead atoms. The summed E-state index contributed by atoms with van der Waals surface area (Å²) in [5.41, 5.74) is 0.248. The van der Waals surface area contributed by atoms with Crippen LogP contribution in [0.1, 0.15) is 24.1 Å². The smallest absolute Gasteiger partial charge is 0.303 e. The van der Waals surface area contributed by atoms with Crippen molar-refractivity contribution in [1.29, 1.82) is 0 Å². The molecule has 1 aromatic carbocycles. The first kappa shape index (κ1) is 12.3. The van der Waals surface area contributed by atoms with Gasteiger partial charge >= 0.3 is 5.97 Å². The number of fused-ring (bicyclic) bond motifs is 1. The number of rotatable bonds is 4. The molecule has 4 nitrogen and oxygen atoms in total. The lowest BCUT2D eigenvalue weighted by Gasteiger charge is -2.04. The van der Waals surface area contributed by atoms with Crippen LogP contribution in [0.25, 0.3) is 10.9 Å². The van der Waals surface area contributed by atoms with E-state index in [9.17, 15) is 14.0 Å². The van der Waals surface area contributed by atoms with E-state index in [4.69, 9.17) is 5.11 Å². The predicted molar refractivity (Wildman–Crippen MR) is 64.0 cm³/mol. The van der Waals surface area contributed by atoms with Crippen molar-refractivity contribution in [2.24, 2.45) is 0 Å². The predicted octanol–water partition coefficient (Wildman–Crippen LogP) is 2.68. The zero-order chi connectivity index (χ0) is 13.1. The lowest BCUT2D eigenvalue weighted by Crippen LogP contribution is -2.10. The quantitative estimate of drug-likeness (QED) is 0.906. The van der Waals surface area contributed by atoms with Gasteiger partial charge in [-0.25, -0.2) is 4.39 Å². The van der Waals surface area contributed by atoms with E-state index in [2.05, 4.69) is 0 Å². The molecule has 0 saturated carbocycles.